The second kappa shape index (κ2) is 10.3. The standard InChI is InChI=1S/C27H30BNO11/c1-10-22(32)13(29-28)6-17(39-10)40-15-8-27(37,16(31)9-30)7-12-19(15)26(36)21-20(24(12)34)23(33)11-4-3-5-14(38-2)18(11)25(21)35/h3-5,10,13,15,17,22,29-30,32,34,36-37H,6-9,28H2,1-2H3/t10-,13-,15-,17-,22+,27-/m0/s1. The first kappa shape index (κ1) is 28.2. The lowest BCUT2D eigenvalue weighted by molar-refractivity contribution is -0.248. The summed E-state index contributed by atoms with van der Waals surface area (Å²) in [5.74, 6) is -3.69. The zero-order chi connectivity index (χ0) is 29.1. The average molecular weight is 555 g/mol. The lowest BCUT2D eigenvalue weighted by atomic mass is 9.72. The smallest absolute Gasteiger partial charge is 0.202 e. The Balaban J connectivity index is 1.68. The third-order valence-corrected chi connectivity index (χ3v) is 8.13. The van der Waals surface area contributed by atoms with Gasteiger partial charge < -0.3 is 45.0 Å². The molecule has 40 heavy (non-hydrogen) atoms. The summed E-state index contributed by atoms with van der Waals surface area (Å²) in [6.45, 7) is 0.631. The van der Waals surface area contributed by atoms with E-state index < -0.39 is 95.7 Å². The number of hydrogen-bond donors (Lipinski definition) is 6. The number of hydrogen-bond acceptors (Lipinski definition) is 12. The molecule has 1 fully saturated rings. The summed E-state index contributed by atoms with van der Waals surface area (Å²) in [5.41, 5.74) is -3.52. The molecular weight excluding hydrogens is 525 g/mol. The summed E-state index contributed by atoms with van der Waals surface area (Å²) in [4.78, 5) is 39.9. The zero-order valence-electron chi connectivity index (χ0n) is 22.1. The molecule has 2 aliphatic carbocycles. The highest BCUT2D eigenvalue weighted by Crippen LogP contribution is 2.52. The van der Waals surface area contributed by atoms with Crippen molar-refractivity contribution < 1.29 is 54.1 Å². The van der Waals surface area contributed by atoms with Crippen LogP contribution in [-0.4, -0.2) is 94.7 Å². The SMILES string of the molecule is BN[C@H]1C[C@H](O[C@H]2C[C@](O)(C(=O)CO)Cc3c(O)c4c(c(O)c32)C(=O)c2c(OC)cccc2C4=O)O[C@@H](C)[C@H]1O. The van der Waals surface area contributed by atoms with Gasteiger partial charge in [-0.15, -0.1) is 0 Å². The van der Waals surface area contributed by atoms with Gasteiger partial charge in [-0.25, -0.2) is 0 Å². The minimum atomic E-state index is -2.23. The number of aliphatic hydroxyl groups excluding tert-OH is 2. The van der Waals surface area contributed by atoms with Gasteiger partial charge in [0.2, 0.25) is 5.78 Å². The molecule has 212 valence electrons. The van der Waals surface area contributed by atoms with Crippen molar-refractivity contribution in [2.45, 2.75) is 62.4 Å². The number of ketones is 3. The summed E-state index contributed by atoms with van der Waals surface area (Å²) >= 11 is 0. The summed E-state index contributed by atoms with van der Waals surface area (Å²) in [7, 11) is 2.99. The molecule has 0 amide bonds. The van der Waals surface area contributed by atoms with Gasteiger partial charge in [0.05, 0.1) is 42.1 Å². The molecule has 6 atom stereocenters. The van der Waals surface area contributed by atoms with E-state index in [2.05, 4.69) is 5.23 Å². The topological polar surface area (TPSA) is 192 Å². The van der Waals surface area contributed by atoms with E-state index >= 15 is 0 Å². The van der Waals surface area contributed by atoms with Gasteiger partial charge in [0.15, 0.2) is 25.8 Å². The molecule has 0 spiro atoms. The van der Waals surface area contributed by atoms with Crippen LogP contribution < -0.4 is 9.96 Å². The maximum absolute atomic E-state index is 13.7. The molecule has 12 nitrogen and oxygen atoms in total. The number of methoxy groups -OCH3 is 1. The van der Waals surface area contributed by atoms with E-state index in [0.29, 0.717) is 0 Å². The van der Waals surface area contributed by atoms with Crippen molar-refractivity contribution in [2.75, 3.05) is 13.7 Å². The van der Waals surface area contributed by atoms with Crippen LogP contribution in [-0.2, 0) is 20.7 Å². The Bertz CT molecular complexity index is 1410. The van der Waals surface area contributed by atoms with Crippen LogP contribution in [0.5, 0.6) is 17.2 Å². The van der Waals surface area contributed by atoms with Crippen LogP contribution in [0, 0.1) is 0 Å². The number of rotatable bonds is 6. The van der Waals surface area contributed by atoms with Gasteiger partial charge in [-0.1, -0.05) is 12.1 Å². The summed E-state index contributed by atoms with van der Waals surface area (Å²) in [6, 6.07) is 3.96. The number of carbonyl (C=O) groups is 3. The Morgan fingerprint density at radius 3 is 2.52 bits per heavy atom. The molecule has 0 saturated carbocycles. The lowest BCUT2D eigenvalue weighted by Crippen LogP contribution is -2.54. The minimum Gasteiger partial charge on any atom is -0.507 e. The van der Waals surface area contributed by atoms with Crippen LogP contribution in [0.3, 0.4) is 0 Å². The molecule has 0 radical (unpaired) electrons. The molecule has 6 N–H and O–H groups in total. The number of aliphatic hydroxyl groups is 3. The van der Waals surface area contributed by atoms with Crippen LogP contribution in [0.2, 0.25) is 0 Å². The van der Waals surface area contributed by atoms with E-state index in [1.165, 1.54) is 25.3 Å². The first-order chi connectivity index (χ1) is 19.0. The third kappa shape index (κ3) is 4.21. The Labute approximate surface area is 229 Å². The second-order valence-corrected chi connectivity index (χ2v) is 10.4. The van der Waals surface area contributed by atoms with Crippen molar-refractivity contribution in [3.8, 4) is 17.2 Å². The first-order valence-electron chi connectivity index (χ1n) is 12.9. The Hall–Kier alpha value is -3.33. The Morgan fingerprint density at radius 2 is 1.88 bits per heavy atom. The molecule has 0 unspecified atom stereocenters. The van der Waals surface area contributed by atoms with Crippen molar-refractivity contribution >= 4 is 25.3 Å². The van der Waals surface area contributed by atoms with Crippen molar-refractivity contribution in [3.63, 3.8) is 0 Å². The lowest BCUT2D eigenvalue weighted by Gasteiger charge is -2.42. The molecule has 1 saturated heterocycles. The highest BCUT2D eigenvalue weighted by Gasteiger charge is 2.50. The molecule has 3 aliphatic rings. The second-order valence-electron chi connectivity index (χ2n) is 10.4. The fraction of sp³-hybridized carbons (Fsp3) is 0.444. The number of aromatic hydroxyl groups is 2. The third-order valence-electron chi connectivity index (χ3n) is 8.13. The maximum atomic E-state index is 13.7. The molecule has 5 rings (SSSR count). The Kier molecular flexibility index (Phi) is 7.23. The van der Waals surface area contributed by atoms with Crippen LogP contribution in [0.25, 0.3) is 0 Å². The van der Waals surface area contributed by atoms with Gasteiger partial charge in [-0.3, -0.25) is 14.4 Å². The summed E-state index contributed by atoms with van der Waals surface area (Å²) in [6.07, 6.45) is -4.66. The maximum Gasteiger partial charge on any atom is 0.202 e. The van der Waals surface area contributed by atoms with E-state index in [1.54, 1.807) is 14.9 Å². The normalized spacial score (nSPS) is 29.4. The number of phenolic OH excluding ortho intramolecular Hbond substituents is 2. The highest BCUT2D eigenvalue weighted by molar-refractivity contribution is 6.31. The molecule has 1 aliphatic heterocycles. The monoisotopic (exact) mass is 555 g/mol. The predicted octanol–water partition coefficient (Wildman–Crippen LogP) is -0.820. The quantitative estimate of drug-likeness (QED) is 0.164. The van der Waals surface area contributed by atoms with Gasteiger partial charge in [0.1, 0.15) is 29.5 Å². The van der Waals surface area contributed by atoms with Gasteiger partial charge in [-0.2, -0.15) is 0 Å². The number of phenols is 2. The van der Waals surface area contributed by atoms with E-state index in [4.69, 9.17) is 14.2 Å². The zero-order valence-corrected chi connectivity index (χ0v) is 22.1. The van der Waals surface area contributed by atoms with Crippen LogP contribution >= 0.6 is 0 Å². The first-order valence-corrected chi connectivity index (χ1v) is 12.9. The van der Waals surface area contributed by atoms with Gasteiger partial charge in [-0.05, 0) is 13.0 Å². The fourth-order valence-corrected chi connectivity index (χ4v) is 6.00. The van der Waals surface area contributed by atoms with Crippen molar-refractivity contribution in [3.05, 3.63) is 51.6 Å². The van der Waals surface area contributed by atoms with E-state index in [9.17, 15) is 39.9 Å². The number of benzene rings is 2. The fourth-order valence-electron chi connectivity index (χ4n) is 6.00. The molecule has 0 aromatic heterocycles. The van der Waals surface area contributed by atoms with Crippen LogP contribution in [0.1, 0.15) is 68.8 Å². The van der Waals surface area contributed by atoms with Crippen LogP contribution in [0.4, 0.5) is 0 Å². The molecular formula is C27H30BNO11. The molecule has 0 bridgehead atoms. The number of ether oxygens (including phenoxy) is 3. The summed E-state index contributed by atoms with van der Waals surface area (Å²) < 4.78 is 17.2. The van der Waals surface area contributed by atoms with Crippen molar-refractivity contribution in [1.82, 2.24) is 5.23 Å². The minimum absolute atomic E-state index is 0.0435. The number of nitrogens with one attached hydrogen (secondary N) is 1. The molecule has 1 heterocycles. The number of carbonyl (C=O) groups excluding carboxylic acids is 3. The predicted molar refractivity (Wildman–Crippen MR) is 139 cm³/mol. The van der Waals surface area contributed by atoms with Crippen LogP contribution in [0.15, 0.2) is 18.2 Å². The summed E-state index contributed by atoms with van der Waals surface area (Å²) in [5, 5.41) is 57.1. The molecule has 13 heteroatoms. The Morgan fingerprint density at radius 1 is 1.18 bits per heavy atom. The van der Waals surface area contributed by atoms with Gasteiger partial charge in [0, 0.05) is 42.0 Å². The van der Waals surface area contributed by atoms with Gasteiger partial charge >= 0.3 is 0 Å². The molecule has 2 aromatic rings. The number of Topliss-reactive ketones (excluding diaryl/α,β-unsaturated/α-hetero) is 1. The highest BCUT2D eigenvalue weighted by atomic mass is 16.7. The van der Waals surface area contributed by atoms with E-state index in [1.807, 2.05) is 0 Å². The van der Waals surface area contributed by atoms with Crippen molar-refractivity contribution in [2.24, 2.45) is 0 Å². The van der Waals surface area contributed by atoms with E-state index in [-0.39, 0.29) is 34.4 Å². The largest absolute Gasteiger partial charge is 0.507 e. The number of fused-ring (bicyclic) bond motifs is 3. The average Bonchev–Trinajstić information content (AvgIpc) is 2.94. The van der Waals surface area contributed by atoms with Crippen molar-refractivity contribution in [1.29, 1.82) is 0 Å². The van der Waals surface area contributed by atoms with E-state index in [0.717, 1.165) is 0 Å². The van der Waals surface area contributed by atoms with Gasteiger partial charge in [0.25, 0.3) is 0 Å². The molecule has 2 aromatic carbocycles.